The highest BCUT2D eigenvalue weighted by molar-refractivity contribution is 5.92. The summed E-state index contributed by atoms with van der Waals surface area (Å²) in [6, 6.07) is 0. The summed E-state index contributed by atoms with van der Waals surface area (Å²) in [6.45, 7) is 7.54. The van der Waals surface area contributed by atoms with Gasteiger partial charge in [-0.1, -0.05) is 45.9 Å². The van der Waals surface area contributed by atoms with Crippen molar-refractivity contribution in [3.63, 3.8) is 0 Å². The molecule has 0 fully saturated rings. The number of ether oxygens (including phenoxy) is 4. The predicted molar refractivity (Wildman–Crippen MR) is 219 cm³/mol. The third-order valence-corrected chi connectivity index (χ3v) is 11.0. The third-order valence-electron chi connectivity index (χ3n) is 11.0. The molecule has 0 radical (unpaired) electrons. The van der Waals surface area contributed by atoms with Crippen LogP contribution < -0.4 is 0 Å². The van der Waals surface area contributed by atoms with Crippen LogP contribution in [-0.4, -0.2) is 102 Å². The van der Waals surface area contributed by atoms with Crippen molar-refractivity contribution in [2.24, 2.45) is 23.7 Å². The highest BCUT2D eigenvalue weighted by atomic mass is 16.5. The molecule has 0 saturated heterocycles. The summed E-state index contributed by atoms with van der Waals surface area (Å²) >= 11 is 0. The summed E-state index contributed by atoms with van der Waals surface area (Å²) < 4.78 is 40.2. The zero-order valence-electron chi connectivity index (χ0n) is 35.9. The van der Waals surface area contributed by atoms with E-state index in [9.17, 15) is 24.3 Å². The third kappa shape index (κ3) is 13.8. The van der Waals surface area contributed by atoms with E-state index in [1.54, 1.807) is 46.5 Å². The molecule has 0 aromatic carbocycles. The van der Waals surface area contributed by atoms with Crippen molar-refractivity contribution < 1.29 is 56.5 Å². The van der Waals surface area contributed by atoms with Gasteiger partial charge in [-0.3, -0.25) is 19.2 Å². The monoisotopic (exact) mass is 836 g/mol. The number of Topliss-reactive ketones (excluding diaryl/α,β-unsaturated/α-hetero) is 1. The van der Waals surface area contributed by atoms with E-state index in [0.29, 0.717) is 67.9 Å². The van der Waals surface area contributed by atoms with Crippen LogP contribution in [0.1, 0.15) is 96.8 Å². The first-order valence-electron chi connectivity index (χ1n) is 20.3. The van der Waals surface area contributed by atoms with Gasteiger partial charge < -0.3 is 42.2 Å². The number of esters is 1. The molecule has 328 valence electrons. The second-order valence-corrected chi connectivity index (χ2v) is 15.5. The lowest BCUT2D eigenvalue weighted by Gasteiger charge is -2.31. The molecule has 3 aromatic rings. The summed E-state index contributed by atoms with van der Waals surface area (Å²) in [7, 11) is 6.27. The van der Waals surface area contributed by atoms with E-state index in [0.717, 1.165) is 0 Å². The maximum Gasteiger partial charge on any atom is 0.308 e. The van der Waals surface area contributed by atoms with Gasteiger partial charge in [0, 0.05) is 53.3 Å². The second kappa shape index (κ2) is 23.7. The van der Waals surface area contributed by atoms with Gasteiger partial charge in [0.1, 0.15) is 42.5 Å². The predicted octanol–water partition coefficient (Wildman–Crippen LogP) is 6.96. The fourth-order valence-electron chi connectivity index (χ4n) is 7.01. The Morgan fingerprint density at radius 1 is 0.967 bits per heavy atom. The number of hydrogen-bond acceptors (Lipinski definition) is 15. The van der Waals surface area contributed by atoms with Gasteiger partial charge in [-0.25, -0.2) is 15.0 Å². The van der Waals surface area contributed by atoms with Crippen molar-refractivity contribution in [3.8, 4) is 23.2 Å². The van der Waals surface area contributed by atoms with E-state index >= 15 is 0 Å². The average Bonchev–Trinajstić information content (AvgIpc) is 4.03. The molecular weight excluding hydrogens is 776 g/mol. The number of carbonyl (C=O) groups is 4. The largest absolute Gasteiger partial charge is 0.462 e. The Kier molecular flexibility index (Phi) is 18.8. The van der Waals surface area contributed by atoms with E-state index < -0.39 is 30.2 Å². The van der Waals surface area contributed by atoms with Crippen LogP contribution in [0.25, 0.3) is 29.2 Å². The molecular formula is C44H60N4O12. The smallest absolute Gasteiger partial charge is 0.308 e. The van der Waals surface area contributed by atoms with E-state index in [-0.39, 0.29) is 66.2 Å². The fourth-order valence-corrected chi connectivity index (χ4v) is 7.01. The number of fused-ring (bicyclic) bond motifs is 8. The van der Waals surface area contributed by atoms with Gasteiger partial charge >= 0.3 is 5.97 Å². The standard InChI is InChI=1S/C44H60N4O12/c1-27-13-9-10-17-40-45-33(24-57-40)43-47-34(25-59-43)44-46-32(23-58-44)42(56-8)30(4)35(51)15-11-14-31(50)21-41(53)60-39(27)22-38(55-7)28(2)18-19-36(52)29(3)37(54-6)16-12-20-48(5)26-49/h10-12,15,17,20,23-31,37-39,42,50H,9,13-14,16,18-19,21-22H2,1-8H3/b15-11+,17-10+,20-12+. The number of ketones is 2. The molecule has 1 amide bonds. The molecule has 0 saturated carbocycles. The molecule has 0 aliphatic carbocycles. The van der Waals surface area contributed by atoms with Gasteiger partial charge in [-0.05, 0) is 56.1 Å². The van der Waals surface area contributed by atoms with Crippen LogP contribution in [-0.2, 0) is 38.1 Å². The summed E-state index contributed by atoms with van der Waals surface area (Å²) in [5.41, 5.74) is 1.07. The fraction of sp³-hybridized carbons (Fsp3) is 0.568. The lowest BCUT2D eigenvalue weighted by Crippen LogP contribution is -2.34. The van der Waals surface area contributed by atoms with E-state index in [2.05, 4.69) is 15.0 Å². The summed E-state index contributed by atoms with van der Waals surface area (Å²) in [5, 5.41) is 10.8. The molecule has 4 heterocycles. The normalized spacial score (nSPS) is 24.1. The SMILES string of the molecule is COC(CC1OC(=O)CC(O)C/C=C/C(=O)C(C)C(OC)c2coc(n2)-c2coc(n2)-c2coc(n2)/C=C/CCC1C)C(C)CCC(=O)C(C)C(C/C=C/N(C)C=O)OC. The van der Waals surface area contributed by atoms with Gasteiger partial charge in [0.05, 0.1) is 30.7 Å². The van der Waals surface area contributed by atoms with Crippen molar-refractivity contribution >= 4 is 30.0 Å². The average molecular weight is 837 g/mol. The topological polar surface area (TPSA) is 207 Å². The van der Waals surface area contributed by atoms with Crippen LogP contribution in [0.4, 0.5) is 0 Å². The Morgan fingerprint density at radius 2 is 1.67 bits per heavy atom. The summed E-state index contributed by atoms with van der Waals surface area (Å²) in [5.74, 6) is -1.32. The van der Waals surface area contributed by atoms with Crippen molar-refractivity contribution in [3.05, 3.63) is 60.9 Å². The van der Waals surface area contributed by atoms with Crippen LogP contribution in [0.5, 0.6) is 0 Å². The Bertz CT molecular complexity index is 1910. The van der Waals surface area contributed by atoms with E-state index in [1.807, 2.05) is 26.8 Å². The van der Waals surface area contributed by atoms with Gasteiger partial charge in [0.15, 0.2) is 17.2 Å². The summed E-state index contributed by atoms with van der Waals surface area (Å²) in [4.78, 5) is 65.5. The lowest BCUT2D eigenvalue weighted by atomic mass is 9.86. The number of carbonyl (C=O) groups excluding carboxylic acids is 4. The quantitative estimate of drug-likeness (QED) is 0.121. The van der Waals surface area contributed by atoms with Crippen LogP contribution in [0.15, 0.2) is 62.5 Å². The molecule has 4 rings (SSSR count). The lowest BCUT2D eigenvalue weighted by molar-refractivity contribution is -0.156. The number of aliphatic hydroxyl groups is 1. The minimum atomic E-state index is -1.10. The molecule has 9 atom stereocenters. The van der Waals surface area contributed by atoms with E-state index in [1.165, 1.54) is 43.0 Å². The second-order valence-electron chi connectivity index (χ2n) is 15.5. The number of allylic oxidation sites excluding steroid dienone is 2. The first-order chi connectivity index (χ1) is 28.8. The molecule has 16 nitrogen and oxygen atoms in total. The number of cyclic esters (lactones) is 1. The number of aromatic nitrogens is 3. The molecule has 6 bridgehead atoms. The van der Waals surface area contributed by atoms with Gasteiger partial charge in [-0.2, -0.15) is 0 Å². The highest BCUT2D eigenvalue weighted by Gasteiger charge is 2.31. The number of methoxy groups -OCH3 is 3. The molecule has 3 aromatic heterocycles. The number of amides is 1. The Balaban J connectivity index is 1.48. The summed E-state index contributed by atoms with van der Waals surface area (Å²) in [6.07, 6.45) is 14.5. The van der Waals surface area contributed by atoms with Gasteiger partial charge in [0.25, 0.3) is 0 Å². The Labute approximate surface area is 351 Å². The first kappa shape index (κ1) is 47.6. The van der Waals surface area contributed by atoms with E-state index in [4.69, 9.17) is 32.2 Å². The van der Waals surface area contributed by atoms with Crippen LogP contribution in [0.2, 0.25) is 0 Å². The molecule has 9 unspecified atom stereocenters. The van der Waals surface area contributed by atoms with Crippen LogP contribution >= 0.6 is 0 Å². The number of oxazole rings is 3. The van der Waals surface area contributed by atoms with Crippen molar-refractivity contribution in [2.75, 3.05) is 28.4 Å². The Morgan fingerprint density at radius 3 is 2.38 bits per heavy atom. The molecule has 1 aliphatic heterocycles. The maximum atomic E-state index is 13.3. The number of rotatable bonds is 15. The molecule has 60 heavy (non-hydrogen) atoms. The van der Waals surface area contributed by atoms with Gasteiger partial charge in [-0.15, -0.1) is 0 Å². The van der Waals surface area contributed by atoms with Crippen LogP contribution in [0, 0.1) is 23.7 Å². The van der Waals surface area contributed by atoms with Crippen molar-refractivity contribution in [2.45, 2.75) is 110 Å². The Hall–Kier alpha value is -5.03. The molecule has 1 N–H and O–H groups in total. The molecule has 0 spiro atoms. The minimum absolute atomic E-state index is 0.0431. The highest BCUT2D eigenvalue weighted by Crippen LogP contribution is 2.31. The molecule has 16 heteroatoms. The van der Waals surface area contributed by atoms with Crippen molar-refractivity contribution in [1.82, 2.24) is 19.9 Å². The zero-order valence-corrected chi connectivity index (χ0v) is 35.9. The minimum Gasteiger partial charge on any atom is -0.462 e. The molecule has 1 aliphatic rings. The maximum absolute atomic E-state index is 13.3. The zero-order chi connectivity index (χ0) is 43.8. The number of aliphatic hydroxyl groups excluding tert-OH is 1. The first-order valence-corrected chi connectivity index (χ1v) is 20.3. The van der Waals surface area contributed by atoms with Crippen molar-refractivity contribution in [1.29, 1.82) is 0 Å². The van der Waals surface area contributed by atoms with Gasteiger partial charge in [0.2, 0.25) is 24.1 Å². The van der Waals surface area contributed by atoms with Crippen LogP contribution in [0.3, 0.4) is 0 Å². The number of nitrogens with zero attached hydrogens (tertiary/aromatic N) is 4. The number of hydrogen-bond donors (Lipinski definition) is 1.